The van der Waals surface area contributed by atoms with Crippen LogP contribution in [-0.4, -0.2) is 27.9 Å². The first-order valence-corrected chi connectivity index (χ1v) is 12.4. The van der Waals surface area contributed by atoms with Crippen molar-refractivity contribution in [2.75, 3.05) is 13.7 Å². The number of carbonyl (C=O) groups is 1. The summed E-state index contributed by atoms with van der Waals surface area (Å²) in [6.45, 7) is 4.23. The fourth-order valence-electron chi connectivity index (χ4n) is 3.22. The zero-order valence-corrected chi connectivity index (χ0v) is 20.2. The predicted molar refractivity (Wildman–Crippen MR) is 132 cm³/mol. The van der Waals surface area contributed by atoms with Gasteiger partial charge in [0.2, 0.25) is 5.78 Å². The molecule has 0 spiro atoms. The summed E-state index contributed by atoms with van der Waals surface area (Å²) in [6.07, 6.45) is 1.37. The predicted octanol–water partition coefficient (Wildman–Crippen LogP) is 5.89. The highest BCUT2D eigenvalue weighted by Gasteiger charge is 2.27. The van der Waals surface area contributed by atoms with Crippen molar-refractivity contribution in [3.63, 3.8) is 0 Å². The van der Waals surface area contributed by atoms with Gasteiger partial charge in [0.05, 0.1) is 19.5 Å². The van der Waals surface area contributed by atoms with Gasteiger partial charge >= 0.3 is 0 Å². The lowest BCUT2D eigenvalue weighted by atomic mass is 10.1. The third kappa shape index (κ3) is 6.24. The topological polar surface area (TPSA) is 69.7 Å². The van der Waals surface area contributed by atoms with E-state index in [-0.39, 0.29) is 16.2 Å². The highest BCUT2D eigenvalue weighted by atomic mass is 35.5. The van der Waals surface area contributed by atoms with Crippen molar-refractivity contribution in [3.05, 3.63) is 98.9 Å². The minimum absolute atomic E-state index is 0.232. The van der Waals surface area contributed by atoms with Crippen LogP contribution in [0.3, 0.4) is 0 Å². The number of Topliss-reactive ketones (excluding diaryl/α,β-unsaturated/α-hetero) is 1. The van der Waals surface area contributed by atoms with Gasteiger partial charge in [-0.3, -0.25) is 4.79 Å². The van der Waals surface area contributed by atoms with E-state index in [1.54, 1.807) is 42.5 Å². The first-order valence-electron chi connectivity index (χ1n) is 10.3. The Hall–Kier alpha value is -3.09. The molecule has 0 aliphatic heterocycles. The monoisotopic (exact) mass is 484 g/mol. The SMILES string of the molecule is CCOc1ccc(/C=C(\C(=O)c2ccc(Cl)cc2)S(=O)(=O)Cc2ccc(C)cc2)cc1OC. The van der Waals surface area contributed by atoms with Crippen LogP contribution in [0.25, 0.3) is 6.08 Å². The van der Waals surface area contributed by atoms with Crippen LogP contribution in [-0.2, 0) is 15.6 Å². The van der Waals surface area contributed by atoms with Crippen LogP contribution < -0.4 is 9.47 Å². The number of methoxy groups -OCH3 is 1. The van der Waals surface area contributed by atoms with Crippen molar-refractivity contribution in [2.24, 2.45) is 0 Å². The van der Waals surface area contributed by atoms with Crippen LogP contribution in [0, 0.1) is 6.92 Å². The summed E-state index contributed by atoms with van der Waals surface area (Å²) in [7, 11) is -2.48. The van der Waals surface area contributed by atoms with Crippen LogP contribution in [0.1, 0.15) is 34.0 Å². The van der Waals surface area contributed by atoms with Crippen molar-refractivity contribution in [1.82, 2.24) is 0 Å². The molecular formula is C26H25ClO5S. The van der Waals surface area contributed by atoms with Gasteiger partial charge in [-0.15, -0.1) is 0 Å². The van der Waals surface area contributed by atoms with Gasteiger partial charge in [0, 0.05) is 10.6 Å². The van der Waals surface area contributed by atoms with Crippen LogP contribution in [0.5, 0.6) is 11.5 Å². The Morgan fingerprint density at radius 1 is 0.970 bits per heavy atom. The summed E-state index contributed by atoms with van der Waals surface area (Å²) in [5.74, 6) is 0.0729. The summed E-state index contributed by atoms with van der Waals surface area (Å²) < 4.78 is 37.7. The second-order valence-corrected chi connectivity index (χ2v) is 9.83. The average molecular weight is 485 g/mol. The molecule has 0 aliphatic carbocycles. The summed E-state index contributed by atoms with van der Waals surface area (Å²) in [4.78, 5) is 13.0. The Bertz CT molecular complexity index is 1260. The van der Waals surface area contributed by atoms with Gasteiger partial charge in [0.25, 0.3) is 0 Å². The maximum absolute atomic E-state index is 13.4. The van der Waals surface area contributed by atoms with E-state index in [4.69, 9.17) is 21.1 Å². The molecule has 0 saturated carbocycles. The molecule has 172 valence electrons. The van der Waals surface area contributed by atoms with Gasteiger partial charge < -0.3 is 9.47 Å². The molecule has 0 fully saturated rings. The quantitative estimate of drug-likeness (QED) is 0.279. The number of carbonyl (C=O) groups excluding carboxylic acids is 1. The van der Waals surface area contributed by atoms with E-state index in [0.29, 0.717) is 34.3 Å². The highest BCUT2D eigenvalue weighted by molar-refractivity contribution is 7.95. The Balaban J connectivity index is 2.09. The van der Waals surface area contributed by atoms with Crippen molar-refractivity contribution in [3.8, 4) is 11.5 Å². The molecule has 0 atom stereocenters. The standard InChI is InChI=1S/C26H25ClO5S/c1-4-32-23-14-9-20(15-24(23)31-3)16-25(26(28)21-10-12-22(27)13-11-21)33(29,30)17-19-7-5-18(2)6-8-19/h5-16H,4,17H2,1-3H3/b25-16+. The lowest BCUT2D eigenvalue weighted by molar-refractivity contribution is 0.104. The minimum atomic E-state index is -3.98. The van der Waals surface area contributed by atoms with Gasteiger partial charge in [-0.1, -0.05) is 47.5 Å². The van der Waals surface area contributed by atoms with Crippen molar-refractivity contribution < 1.29 is 22.7 Å². The molecule has 5 nitrogen and oxygen atoms in total. The number of sulfone groups is 1. The molecule has 3 aromatic carbocycles. The lowest BCUT2D eigenvalue weighted by Gasteiger charge is -2.12. The van der Waals surface area contributed by atoms with Crippen LogP contribution in [0.15, 0.2) is 71.6 Å². The van der Waals surface area contributed by atoms with Crippen molar-refractivity contribution in [2.45, 2.75) is 19.6 Å². The molecule has 0 unspecified atom stereocenters. The number of allylic oxidation sites excluding steroid dienone is 1. The zero-order valence-electron chi connectivity index (χ0n) is 18.7. The Morgan fingerprint density at radius 3 is 2.24 bits per heavy atom. The first-order chi connectivity index (χ1) is 15.7. The Kier molecular flexibility index (Phi) is 7.95. The first kappa shape index (κ1) is 24.6. The summed E-state index contributed by atoms with van der Waals surface area (Å²) in [5.41, 5.74) is 2.35. The second kappa shape index (κ2) is 10.7. The van der Waals surface area contributed by atoms with Gasteiger partial charge in [-0.2, -0.15) is 0 Å². The largest absolute Gasteiger partial charge is 0.493 e. The van der Waals surface area contributed by atoms with Crippen molar-refractivity contribution in [1.29, 1.82) is 0 Å². The lowest BCUT2D eigenvalue weighted by Crippen LogP contribution is -2.16. The molecule has 33 heavy (non-hydrogen) atoms. The molecule has 7 heteroatoms. The number of rotatable bonds is 9. The molecule has 0 aliphatic rings. The molecule has 0 N–H and O–H groups in total. The van der Waals surface area contributed by atoms with E-state index in [0.717, 1.165) is 5.56 Å². The van der Waals surface area contributed by atoms with Crippen molar-refractivity contribution >= 4 is 33.3 Å². The fraction of sp³-hybridized carbons (Fsp3) is 0.192. The Labute approximate surface area is 199 Å². The van der Waals surface area contributed by atoms with E-state index in [2.05, 4.69) is 0 Å². The molecule has 0 saturated heterocycles. The third-order valence-electron chi connectivity index (χ3n) is 4.93. The number of halogens is 1. The van der Waals surface area contributed by atoms with Crippen LogP contribution in [0.2, 0.25) is 5.02 Å². The van der Waals surface area contributed by atoms with Gasteiger partial charge in [0.1, 0.15) is 4.91 Å². The van der Waals surface area contributed by atoms with Gasteiger partial charge in [0.15, 0.2) is 21.3 Å². The highest BCUT2D eigenvalue weighted by Crippen LogP contribution is 2.30. The van der Waals surface area contributed by atoms with Gasteiger partial charge in [-0.05, 0) is 67.4 Å². The maximum Gasteiger partial charge on any atom is 0.204 e. The molecule has 3 rings (SSSR count). The smallest absolute Gasteiger partial charge is 0.204 e. The number of benzene rings is 3. The number of ether oxygens (including phenoxy) is 2. The number of aryl methyl sites for hydroxylation is 1. The molecular weight excluding hydrogens is 460 g/mol. The Morgan fingerprint density at radius 2 is 1.64 bits per heavy atom. The number of hydrogen-bond donors (Lipinski definition) is 0. The third-order valence-corrected chi connectivity index (χ3v) is 6.87. The maximum atomic E-state index is 13.4. The second-order valence-electron chi connectivity index (χ2n) is 7.43. The molecule has 0 heterocycles. The number of hydrogen-bond acceptors (Lipinski definition) is 5. The summed E-state index contributed by atoms with van der Waals surface area (Å²) in [5, 5.41) is 0.454. The minimum Gasteiger partial charge on any atom is -0.493 e. The van der Waals surface area contributed by atoms with E-state index in [9.17, 15) is 13.2 Å². The van der Waals surface area contributed by atoms with E-state index >= 15 is 0 Å². The molecule has 3 aromatic rings. The van der Waals surface area contributed by atoms with E-state index in [1.807, 2.05) is 26.0 Å². The average Bonchev–Trinajstić information content (AvgIpc) is 2.79. The fourth-order valence-corrected chi connectivity index (χ4v) is 4.85. The molecule has 0 aromatic heterocycles. The van der Waals surface area contributed by atoms with Crippen LogP contribution >= 0.6 is 11.6 Å². The number of ketones is 1. The molecule has 0 amide bonds. The van der Waals surface area contributed by atoms with E-state index in [1.165, 1.54) is 25.3 Å². The molecule has 0 radical (unpaired) electrons. The zero-order chi connectivity index (χ0) is 24.0. The van der Waals surface area contributed by atoms with Crippen LogP contribution in [0.4, 0.5) is 0 Å². The summed E-state index contributed by atoms with van der Waals surface area (Å²) in [6, 6.07) is 18.3. The normalized spacial score (nSPS) is 11.8. The van der Waals surface area contributed by atoms with E-state index < -0.39 is 15.6 Å². The molecule has 0 bridgehead atoms. The van der Waals surface area contributed by atoms with Gasteiger partial charge in [-0.25, -0.2) is 8.42 Å². The summed E-state index contributed by atoms with van der Waals surface area (Å²) >= 11 is 5.94.